The van der Waals surface area contributed by atoms with Crippen molar-refractivity contribution in [2.75, 3.05) is 18.4 Å². The lowest BCUT2D eigenvalue weighted by molar-refractivity contribution is -0.324. The van der Waals surface area contributed by atoms with Crippen molar-refractivity contribution in [1.29, 1.82) is 0 Å². The van der Waals surface area contributed by atoms with E-state index in [2.05, 4.69) is 10.6 Å². The second-order valence-electron chi connectivity index (χ2n) is 8.14. The highest BCUT2D eigenvalue weighted by Crippen LogP contribution is 2.36. The van der Waals surface area contributed by atoms with Crippen LogP contribution in [-0.4, -0.2) is 35.7 Å². The van der Waals surface area contributed by atoms with E-state index in [0.29, 0.717) is 12.1 Å². The minimum Gasteiger partial charge on any atom is -0.350 e. The third-order valence-electron chi connectivity index (χ3n) is 5.76. The molecule has 2 heterocycles. The molecule has 1 amide bonds. The molecule has 2 aliphatic heterocycles. The number of carbonyl (C=O) groups excluding carboxylic acids is 1. The number of nitrogens with zero attached hydrogens (tertiary/aromatic N) is 1. The zero-order valence-electron chi connectivity index (χ0n) is 16.9. The summed E-state index contributed by atoms with van der Waals surface area (Å²) in [7, 11) is 0. The quantitative estimate of drug-likeness (QED) is 0.769. The topological polar surface area (TPSA) is 53.6 Å². The molecule has 2 aromatic rings. The molecule has 2 atom stereocenters. The first-order valence-electron chi connectivity index (χ1n) is 10.0. The molecule has 5 nitrogen and oxygen atoms in total. The molecule has 2 aliphatic rings. The highest BCUT2D eigenvalue weighted by Gasteiger charge is 2.49. The van der Waals surface area contributed by atoms with Crippen LogP contribution in [-0.2, 0) is 4.84 Å². The van der Waals surface area contributed by atoms with Gasteiger partial charge in [0.05, 0.1) is 23.5 Å². The van der Waals surface area contributed by atoms with E-state index in [4.69, 9.17) is 4.84 Å². The van der Waals surface area contributed by atoms with Crippen LogP contribution in [0.3, 0.4) is 0 Å². The summed E-state index contributed by atoms with van der Waals surface area (Å²) < 4.78 is 42.7. The first kappa shape index (κ1) is 20.7. The third-order valence-corrected chi connectivity index (χ3v) is 5.76. The number of rotatable bonds is 4. The Bertz CT molecular complexity index is 970. The molecule has 0 aliphatic carbocycles. The van der Waals surface area contributed by atoms with Gasteiger partial charge in [0.15, 0.2) is 11.6 Å². The summed E-state index contributed by atoms with van der Waals surface area (Å²) in [6, 6.07) is 6.48. The van der Waals surface area contributed by atoms with E-state index >= 15 is 0 Å². The second kappa shape index (κ2) is 7.92. The monoisotopic (exact) mass is 419 g/mol. The van der Waals surface area contributed by atoms with Crippen LogP contribution in [0, 0.1) is 24.4 Å². The van der Waals surface area contributed by atoms with Gasteiger partial charge in [-0.15, -0.1) is 0 Å². The van der Waals surface area contributed by atoms with Crippen LogP contribution < -0.4 is 10.6 Å². The summed E-state index contributed by atoms with van der Waals surface area (Å²) in [6.07, 6.45) is 3.14. The van der Waals surface area contributed by atoms with E-state index in [9.17, 15) is 18.0 Å². The van der Waals surface area contributed by atoms with Gasteiger partial charge in [-0.2, -0.15) is 0 Å². The maximum absolute atomic E-state index is 14.6. The van der Waals surface area contributed by atoms with Crippen LogP contribution in [0.1, 0.15) is 42.1 Å². The first-order valence-corrected chi connectivity index (χ1v) is 10.0. The average molecular weight is 419 g/mol. The predicted molar refractivity (Wildman–Crippen MR) is 107 cm³/mol. The van der Waals surface area contributed by atoms with Crippen molar-refractivity contribution >= 4 is 17.3 Å². The highest BCUT2D eigenvalue weighted by atomic mass is 19.2. The van der Waals surface area contributed by atoms with Gasteiger partial charge in [0, 0.05) is 6.04 Å². The minimum atomic E-state index is -1.25. The molecule has 2 unspecified atom stereocenters. The van der Waals surface area contributed by atoms with Gasteiger partial charge in [-0.1, -0.05) is 12.5 Å². The predicted octanol–water partition coefficient (Wildman–Crippen LogP) is 4.44. The van der Waals surface area contributed by atoms with Crippen molar-refractivity contribution in [2.24, 2.45) is 0 Å². The SMILES string of the molecule is Cc1ccc(Nc2c(C(=O)N3CC(C)(C4CCCCN4)O3)ccc(F)c2F)c(F)c1. The van der Waals surface area contributed by atoms with E-state index in [0.717, 1.165) is 36.9 Å². The number of hydrogen-bond donors (Lipinski definition) is 2. The van der Waals surface area contributed by atoms with Gasteiger partial charge in [0.1, 0.15) is 11.4 Å². The summed E-state index contributed by atoms with van der Waals surface area (Å²) in [5.74, 6) is -3.63. The number of nitrogens with one attached hydrogen (secondary N) is 2. The number of hydroxylamine groups is 2. The second-order valence-corrected chi connectivity index (χ2v) is 8.14. The maximum Gasteiger partial charge on any atom is 0.279 e. The number of anilines is 2. The largest absolute Gasteiger partial charge is 0.350 e. The van der Waals surface area contributed by atoms with Gasteiger partial charge >= 0.3 is 0 Å². The number of piperidine rings is 1. The fourth-order valence-electron chi connectivity index (χ4n) is 4.03. The molecule has 2 N–H and O–H groups in total. The van der Waals surface area contributed by atoms with Crippen LogP contribution in [0.4, 0.5) is 24.5 Å². The van der Waals surface area contributed by atoms with Gasteiger partial charge in [-0.05, 0) is 63.1 Å². The number of hydrogen-bond acceptors (Lipinski definition) is 4. The normalized spacial score (nSPS) is 23.8. The van der Waals surface area contributed by atoms with Crippen LogP contribution >= 0.6 is 0 Å². The molecular formula is C22H24F3N3O2. The number of aryl methyl sites for hydroxylation is 1. The molecule has 8 heteroatoms. The van der Waals surface area contributed by atoms with Crippen molar-refractivity contribution in [1.82, 2.24) is 10.4 Å². The fraction of sp³-hybridized carbons (Fsp3) is 0.409. The van der Waals surface area contributed by atoms with E-state index in [1.165, 1.54) is 18.2 Å². The van der Waals surface area contributed by atoms with E-state index in [1.807, 2.05) is 6.92 Å². The zero-order valence-corrected chi connectivity index (χ0v) is 16.9. The molecule has 0 aromatic heterocycles. The summed E-state index contributed by atoms with van der Waals surface area (Å²) in [5, 5.41) is 7.08. The highest BCUT2D eigenvalue weighted by molar-refractivity contribution is 6.00. The van der Waals surface area contributed by atoms with Gasteiger partial charge in [0.2, 0.25) is 0 Å². The zero-order chi connectivity index (χ0) is 21.5. The molecule has 2 saturated heterocycles. The summed E-state index contributed by atoms with van der Waals surface area (Å²) in [5.41, 5.74) is -0.465. The Morgan fingerprint density at radius 1 is 1.20 bits per heavy atom. The number of benzene rings is 2. The van der Waals surface area contributed by atoms with E-state index in [-0.39, 0.29) is 17.3 Å². The van der Waals surface area contributed by atoms with Gasteiger partial charge < -0.3 is 10.6 Å². The smallest absolute Gasteiger partial charge is 0.279 e. The van der Waals surface area contributed by atoms with Gasteiger partial charge in [-0.3, -0.25) is 9.63 Å². The molecular weight excluding hydrogens is 395 g/mol. The maximum atomic E-state index is 14.6. The Labute approximate surface area is 173 Å². The van der Waals surface area contributed by atoms with E-state index in [1.54, 1.807) is 13.0 Å². The van der Waals surface area contributed by atoms with Crippen LogP contribution in [0.15, 0.2) is 30.3 Å². The molecule has 0 saturated carbocycles. The fourth-order valence-corrected chi connectivity index (χ4v) is 4.03. The van der Waals surface area contributed by atoms with E-state index < -0.39 is 34.6 Å². The van der Waals surface area contributed by atoms with Crippen LogP contribution in [0.5, 0.6) is 0 Å². The molecule has 30 heavy (non-hydrogen) atoms. The average Bonchev–Trinajstić information content (AvgIpc) is 2.71. The molecule has 0 bridgehead atoms. The Kier molecular flexibility index (Phi) is 5.46. The van der Waals surface area contributed by atoms with Crippen molar-refractivity contribution in [2.45, 2.75) is 44.8 Å². The standard InChI is InChI=1S/C22H24F3N3O2/c1-13-6-9-17(16(24)11-13)27-20-14(7-8-15(23)19(20)25)21(29)28-12-22(2,30-28)18-5-3-4-10-26-18/h6-9,11,18,26-27H,3-5,10,12H2,1-2H3. The van der Waals surface area contributed by atoms with Crippen molar-refractivity contribution < 1.29 is 22.8 Å². The number of carbonyl (C=O) groups is 1. The number of halogens is 3. The summed E-state index contributed by atoms with van der Waals surface area (Å²) >= 11 is 0. The Morgan fingerprint density at radius 2 is 1.97 bits per heavy atom. The summed E-state index contributed by atoms with van der Waals surface area (Å²) in [4.78, 5) is 18.8. The molecule has 2 aromatic carbocycles. The summed E-state index contributed by atoms with van der Waals surface area (Å²) in [6.45, 7) is 4.85. The third kappa shape index (κ3) is 3.77. The molecule has 0 radical (unpaired) electrons. The van der Waals surface area contributed by atoms with Crippen LogP contribution in [0.25, 0.3) is 0 Å². The van der Waals surface area contributed by atoms with Crippen molar-refractivity contribution in [3.05, 3.63) is 58.9 Å². The Morgan fingerprint density at radius 3 is 2.63 bits per heavy atom. The lowest BCUT2D eigenvalue weighted by atomic mass is 9.87. The van der Waals surface area contributed by atoms with Crippen molar-refractivity contribution in [3.63, 3.8) is 0 Å². The first-order chi connectivity index (χ1) is 14.3. The molecule has 160 valence electrons. The van der Waals surface area contributed by atoms with Crippen molar-refractivity contribution in [3.8, 4) is 0 Å². The Balaban J connectivity index is 1.57. The Hall–Kier alpha value is -2.58. The molecule has 2 fully saturated rings. The lowest BCUT2D eigenvalue weighted by Gasteiger charge is -2.51. The van der Waals surface area contributed by atoms with Crippen LogP contribution in [0.2, 0.25) is 0 Å². The van der Waals surface area contributed by atoms with Gasteiger partial charge in [0.25, 0.3) is 5.91 Å². The molecule has 4 rings (SSSR count). The minimum absolute atomic E-state index is 0.0556. The molecule has 0 spiro atoms. The lowest BCUT2D eigenvalue weighted by Crippen LogP contribution is -2.68. The number of amides is 1. The van der Waals surface area contributed by atoms with Gasteiger partial charge in [-0.25, -0.2) is 18.2 Å².